The quantitative estimate of drug-likeness (QED) is 0.668. The molecule has 1 aromatic rings. The highest BCUT2D eigenvalue weighted by atomic mass is 16.7. The second kappa shape index (κ2) is 3.50. The molecule has 0 radical (unpaired) electrons. The minimum atomic E-state index is -0.555. The van der Waals surface area contributed by atoms with Crippen LogP contribution in [-0.2, 0) is 6.42 Å². The molecule has 1 heterocycles. The van der Waals surface area contributed by atoms with Gasteiger partial charge in [0.05, 0.1) is 6.07 Å². The van der Waals surface area contributed by atoms with Crippen LogP contribution >= 0.6 is 0 Å². The van der Waals surface area contributed by atoms with Crippen molar-refractivity contribution in [3.05, 3.63) is 39.7 Å². The molecule has 0 aromatic carbocycles. The van der Waals surface area contributed by atoms with E-state index in [2.05, 4.69) is 0 Å². The third-order valence-corrected chi connectivity index (χ3v) is 2.12. The van der Waals surface area contributed by atoms with Gasteiger partial charge in [0.2, 0.25) is 0 Å². The summed E-state index contributed by atoms with van der Waals surface area (Å²) in [5.74, 6) is -0.0516. The fourth-order valence-electron chi connectivity index (χ4n) is 1.41. The lowest BCUT2D eigenvalue weighted by Crippen LogP contribution is -2.21. The number of nitriles is 1. The third kappa shape index (κ3) is 1.46. The molecule has 0 amide bonds. The predicted molar refractivity (Wildman–Crippen MR) is 51.9 cm³/mol. The van der Waals surface area contributed by atoms with Gasteiger partial charge in [0, 0.05) is 12.0 Å². The number of allylic oxidation sites excluding steroid dienone is 3. The molecule has 0 saturated heterocycles. The Balaban J connectivity index is 2.55. The van der Waals surface area contributed by atoms with Gasteiger partial charge in [-0.1, -0.05) is 6.08 Å². The molecule has 1 aliphatic rings. The third-order valence-electron chi connectivity index (χ3n) is 2.12. The van der Waals surface area contributed by atoms with Crippen LogP contribution in [0.25, 0.3) is 6.08 Å². The molecule has 0 saturated carbocycles. The smallest absolute Gasteiger partial charge is 0.411 e. The van der Waals surface area contributed by atoms with Crippen molar-refractivity contribution in [3.8, 4) is 6.07 Å². The van der Waals surface area contributed by atoms with Gasteiger partial charge < -0.3 is 9.25 Å². The topological polar surface area (TPSA) is 68.2 Å². The second-order valence-electron chi connectivity index (χ2n) is 2.96. The van der Waals surface area contributed by atoms with E-state index in [1.54, 1.807) is 18.2 Å². The van der Waals surface area contributed by atoms with Gasteiger partial charge in [-0.15, -0.1) is 4.73 Å². The van der Waals surface area contributed by atoms with Crippen LogP contribution in [0.5, 0.6) is 0 Å². The van der Waals surface area contributed by atoms with Gasteiger partial charge in [-0.05, 0) is 12.2 Å². The van der Waals surface area contributed by atoms with E-state index in [-0.39, 0.29) is 0 Å². The summed E-state index contributed by atoms with van der Waals surface area (Å²) in [7, 11) is 1.38. The molecular weight excluding hydrogens is 196 g/mol. The molecule has 2 rings (SSSR count). The Kier molecular flexibility index (Phi) is 2.18. The number of nitrogens with zero attached hydrogens (tertiary/aromatic N) is 2. The van der Waals surface area contributed by atoms with Gasteiger partial charge in [-0.25, -0.2) is 4.79 Å². The fraction of sp³-hybridized carbons (Fsp3) is 0.200. The van der Waals surface area contributed by atoms with Crippen LogP contribution in [-0.4, -0.2) is 11.8 Å². The number of rotatable bonds is 1. The SMILES string of the molecule is COn1c2c(oc1=O)CC=C(C#N)C=C2. The fourth-order valence-corrected chi connectivity index (χ4v) is 1.41. The van der Waals surface area contributed by atoms with E-state index in [4.69, 9.17) is 14.5 Å². The normalized spacial score (nSPS) is 13.7. The van der Waals surface area contributed by atoms with Crippen molar-refractivity contribution in [2.24, 2.45) is 0 Å². The molecule has 76 valence electrons. The summed E-state index contributed by atoms with van der Waals surface area (Å²) >= 11 is 0. The molecule has 0 bridgehead atoms. The zero-order chi connectivity index (χ0) is 10.8. The number of hydrogen-bond donors (Lipinski definition) is 0. The molecule has 0 N–H and O–H groups in total. The first-order chi connectivity index (χ1) is 7.26. The average molecular weight is 204 g/mol. The molecular formula is C10H8N2O3. The van der Waals surface area contributed by atoms with Gasteiger partial charge in [-0.2, -0.15) is 5.26 Å². The zero-order valence-corrected chi connectivity index (χ0v) is 8.06. The van der Waals surface area contributed by atoms with Gasteiger partial charge in [0.25, 0.3) is 0 Å². The largest absolute Gasteiger partial charge is 0.452 e. The highest BCUT2D eigenvalue weighted by Gasteiger charge is 2.16. The minimum Gasteiger partial charge on any atom is -0.411 e. The van der Waals surface area contributed by atoms with Crippen LogP contribution in [0.2, 0.25) is 0 Å². The number of fused-ring (bicyclic) bond motifs is 1. The van der Waals surface area contributed by atoms with Gasteiger partial charge in [0.15, 0.2) is 0 Å². The van der Waals surface area contributed by atoms with Crippen molar-refractivity contribution in [2.75, 3.05) is 7.11 Å². The molecule has 0 fully saturated rings. The molecule has 0 atom stereocenters. The lowest BCUT2D eigenvalue weighted by Gasteiger charge is -1.98. The maximum atomic E-state index is 11.3. The van der Waals surface area contributed by atoms with Crippen LogP contribution in [0.1, 0.15) is 11.5 Å². The molecule has 1 aromatic heterocycles. The monoisotopic (exact) mass is 204 g/mol. The highest BCUT2D eigenvalue weighted by molar-refractivity contribution is 5.56. The minimum absolute atomic E-state index is 0.414. The van der Waals surface area contributed by atoms with Gasteiger partial charge >= 0.3 is 5.76 Å². The van der Waals surface area contributed by atoms with Crippen LogP contribution in [0, 0.1) is 11.3 Å². The molecule has 5 nitrogen and oxygen atoms in total. The summed E-state index contributed by atoms with van der Waals surface area (Å²) in [4.78, 5) is 16.1. The first-order valence-electron chi connectivity index (χ1n) is 4.34. The summed E-state index contributed by atoms with van der Waals surface area (Å²) in [6.45, 7) is 0. The predicted octanol–water partition coefficient (Wildman–Crippen LogP) is 0.519. The van der Waals surface area contributed by atoms with E-state index in [0.717, 1.165) is 4.73 Å². The summed E-state index contributed by atoms with van der Waals surface area (Å²) in [6.07, 6.45) is 5.37. The van der Waals surface area contributed by atoms with Crippen molar-refractivity contribution < 1.29 is 9.25 Å². The summed E-state index contributed by atoms with van der Waals surface area (Å²) in [6, 6.07) is 2.03. The zero-order valence-electron chi connectivity index (χ0n) is 8.06. The highest BCUT2D eigenvalue weighted by Crippen LogP contribution is 2.16. The maximum Gasteiger partial charge on any atom is 0.452 e. The maximum absolute atomic E-state index is 11.3. The van der Waals surface area contributed by atoms with Crippen LogP contribution in [0.15, 0.2) is 26.9 Å². The average Bonchev–Trinajstić information content (AvgIpc) is 2.42. The Morgan fingerprint density at radius 3 is 3.07 bits per heavy atom. The second-order valence-corrected chi connectivity index (χ2v) is 2.96. The Morgan fingerprint density at radius 1 is 1.60 bits per heavy atom. The van der Waals surface area contributed by atoms with E-state index >= 15 is 0 Å². The lowest BCUT2D eigenvalue weighted by atomic mass is 10.2. The Bertz CT molecular complexity index is 540. The Morgan fingerprint density at radius 2 is 2.40 bits per heavy atom. The summed E-state index contributed by atoms with van der Waals surface area (Å²) in [5, 5.41) is 8.71. The molecule has 1 aliphatic carbocycles. The van der Waals surface area contributed by atoms with Crippen LogP contribution in [0.4, 0.5) is 0 Å². The van der Waals surface area contributed by atoms with E-state index in [0.29, 0.717) is 23.4 Å². The van der Waals surface area contributed by atoms with E-state index in [9.17, 15) is 4.79 Å². The molecule has 0 spiro atoms. The Hall–Kier alpha value is -2.22. The Labute approximate surface area is 85.4 Å². The molecule has 0 aliphatic heterocycles. The first kappa shape index (κ1) is 9.34. The van der Waals surface area contributed by atoms with E-state index in [1.165, 1.54) is 7.11 Å². The van der Waals surface area contributed by atoms with Crippen LogP contribution < -0.4 is 10.6 Å². The van der Waals surface area contributed by atoms with E-state index < -0.39 is 5.76 Å². The molecule has 15 heavy (non-hydrogen) atoms. The van der Waals surface area contributed by atoms with Crippen molar-refractivity contribution in [3.63, 3.8) is 0 Å². The number of hydrogen-bond acceptors (Lipinski definition) is 4. The first-order valence-corrected chi connectivity index (χ1v) is 4.34. The standard InChI is InChI=1S/C10H8N2O3/c1-14-12-8-4-2-7(6-11)3-5-9(8)15-10(12)13/h2-4H,5H2,1H3. The van der Waals surface area contributed by atoms with Gasteiger partial charge in [-0.3, -0.25) is 0 Å². The summed E-state index contributed by atoms with van der Waals surface area (Å²) in [5.41, 5.74) is 1.08. The lowest BCUT2D eigenvalue weighted by molar-refractivity contribution is 0.144. The molecule has 0 unspecified atom stereocenters. The van der Waals surface area contributed by atoms with Crippen molar-refractivity contribution >= 4 is 6.08 Å². The number of oxazole rings is 1. The number of aromatic nitrogens is 1. The van der Waals surface area contributed by atoms with Crippen molar-refractivity contribution in [1.82, 2.24) is 4.73 Å². The van der Waals surface area contributed by atoms with E-state index in [1.807, 2.05) is 6.07 Å². The van der Waals surface area contributed by atoms with Crippen molar-refractivity contribution in [1.29, 1.82) is 5.26 Å². The summed E-state index contributed by atoms with van der Waals surface area (Å²) < 4.78 is 6.03. The van der Waals surface area contributed by atoms with Crippen LogP contribution in [0.3, 0.4) is 0 Å². The van der Waals surface area contributed by atoms with Gasteiger partial charge in [0.1, 0.15) is 18.6 Å². The van der Waals surface area contributed by atoms with Crippen molar-refractivity contribution in [2.45, 2.75) is 6.42 Å². The molecule has 5 heteroatoms.